The highest BCUT2D eigenvalue weighted by Crippen LogP contribution is 2.37. The fourth-order valence-corrected chi connectivity index (χ4v) is 2.36. The SMILES string of the molecule is O=C(O)CCCCC(F)(F)c1ccc2c(c1)CCCO2. The number of unbranched alkanes of at least 4 members (excludes halogenated alkanes) is 1. The number of halogens is 2. The molecular formula is C15H18F2O3. The standard InChI is InChI=1S/C15H18F2O3/c16-15(17,8-2-1-5-14(18)19)12-6-7-13-11(10-12)4-3-9-20-13/h6-7,10H,1-5,8-9H2,(H,18,19). The van der Waals surface area contributed by atoms with Crippen molar-refractivity contribution in [1.82, 2.24) is 0 Å². The molecule has 1 aliphatic heterocycles. The van der Waals surface area contributed by atoms with Gasteiger partial charge in [-0.25, -0.2) is 8.78 Å². The van der Waals surface area contributed by atoms with Crippen LogP contribution >= 0.6 is 0 Å². The molecule has 20 heavy (non-hydrogen) atoms. The number of benzene rings is 1. The van der Waals surface area contributed by atoms with Gasteiger partial charge in [0, 0.05) is 18.4 Å². The minimum absolute atomic E-state index is 0.00271. The third-order valence-electron chi connectivity index (χ3n) is 3.46. The maximum atomic E-state index is 14.1. The number of carbonyl (C=O) groups is 1. The molecule has 1 aromatic carbocycles. The van der Waals surface area contributed by atoms with Gasteiger partial charge < -0.3 is 9.84 Å². The van der Waals surface area contributed by atoms with E-state index in [9.17, 15) is 13.6 Å². The van der Waals surface area contributed by atoms with Gasteiger partial charge in [-0.3, -0.25) is 4.79 Å². The molecule has 2 rings (SSSR count). The molecule has 3 nitrogen and oxygen atoms in total. The van der Waals surface area contributed by atoms with Crippen molar-refractivity contribution in [2.75, 3.05) is 6.61 Å². The molecule has 0 unspecified atom stereocenters. The Labute approximate surface area is 116 Å². The number of carboxylic acids is 1. The molecule has 0 saturated carbocycles. The molecule has 1 aliphatic rings. The van der Waals surface area contributed by atoms with Crippen molar-refractivity contribution in [3.8, 4) is 5.75 Å². The van der Waals surface area contributed by atoms with Gasteiger partial charge in [-0.05, 0) is 49.4 Å². The summed E-state index contributed by atoms with van der Waals surface area (Å²) in [5.74, 6) is -3.16. The molecule has 0 saturated heterocycles. The van der Waals surface area contributed by atoms with E-state index in [1.165, 1.54) is 12.1 Å². The predicted octanol–water partition coefficient (Wildman–Crippen LogP) is 3.75. The van der Waals surface area contributed by atoms with Crippen LogP contribution in [0, 0.1) is 0 Å². The quantitative estimate of drug-likeness (QED) is 0.809. The van der Waals surface area contributed by atoms with Crippen LogP contribution in [0.3, 0.4) is 0 Å². The van der Waals surface area contributed by atoms with Crippen molar-refractivity contribution in [2.24, 2.45) is 0 Å². The normalized spacial score (nSPS) is 14.5. The topological polar surface area (TPSA) is 46.5 Å². The number of aryl methyl sites for hydroxylation is 1. The first-order chi connectivity index (χ1) is 9.49. The molecule has 110 valence electrons. The Balaban J connectivity index is 1.99. The Morgan fingerprint density at radius 3 is 2.90 bits per heavy atom. The summed E-state index contributed by atoms with van der Waals surface area (Å²) in [5, 5.41) is 8.49. The van der Waals surface area contributed by atoms with Crippen LogP contribution in [0.4, 0.5) is 8.78 Å². The zero-order valence-corrected chi connectivity index (χ0v) is 11.2. The van der Waals surface area contributed by atoms with Crippen molar-refractivity contribution < 1.29 is 23.4 Å². The highest BCUT2D eigenvalue weighted by Gasteiger charge is 2.31. The Morgan fingerprint density at radius 2 is 2.15 bits per heavy atom. The third-order valence-corrected chi connectivity index (χ3v) is 3.46. The van der Waals surface area contributed by atoms with Crippen LogP contribution < -0.4 is 4.74 Å². The molecule has 0 radical (unpaired) electrons. The lowest BCUT2D eigenvalue weighted by molar-refractivity contribution is -0.137. The Kier molecular flexibility index (Phi) is 4.57. The van der Waals surface area contributed by atoms with E-state index in [0.717, 1.165) is 18.4 Å². The molecular weight excluding hydrogens is 266 g/mol. The largest absolute Gasteiger partial charge is 0.493 e. The Hall–Kier alpha value is -1.65. The molecule has 0 fully saturated rings. The molecule has 0 bridgehead atoms. The first-order valence-electron chi connectivity index (χ1n) is 6.85. The second-order valence-corrected chi connectivity index (χ2v) is 5.08. The maximum Gasteiger partial charge on any atom is 0.303 e. The van der Waals surface area contributed by atoms with E-state index < -0.39 is 11.9 Å². The zero-order valence-electron chi connectivity index (χ0n) is 11.2. The molecule has 1 N–H and O–H groups in total. The zero-order chi connectivity index (χ0) is 14.6. The van der Waals surface area contributed by atoms with Crippen LogP contribution in [0.5, 0.6) is 5.75 Å². The molecule has 5 heteroatoms. The van der Waals surface area contributed by atoms with Gasteiger partial charge in [0.05, 0.1) is 6.61 Å². The van der Waals surface area contributed by atoms with E-state index in [-0.39, 0.29) is 31.2 Å². The minimum atomic E-state index is -2.91. The number of hydrogen-bond acceptors (Lipinski definition) is 2. The van der Waals surface area contributed by atoms with Gasteiger partial charge in [0.1, 0.15) is 5.75 Å². The van der Waals surface area contributed by atoms with Gasteiger partial charge in [0.2, 0.25) is 0 Å². The van der Waals surface area contributed by atoms with E-state index in [4.69, 9.17) is 9.84 Å². The molecule has 0 aliphatic carbocycles. The van der Waals surface area contributed by atoms with E-state index in [1.54, 1.807) is 6.07 Å². The van der Waals surface area contributed by atoms with Crippen LogP contribution in [-0.4, -0.2) is 17.7 Å². The third kappa shape index (κ3) is 3.68. The summed E-state index contributed by atoms with van der Waals surface area (Å²) >= 11 is 0. The lowest BCUT2D eigenvalue weighted by Crippen LogP contribution is -2.15. The molecule has 0 aromatic heterocycles. The van der Waals surface area contributed by atoms with E-state index in [1.807, 2.05) is 0 Å². The Bertz CT molecular complexity index is 486. The van der Waals surface area contributed by atoms with Gasteiger partial charge in [0.15, 0.2) is 0 Å². The summed E-state index contributed by atoms with van der Waals surface area (Å²) in [6.45, 7) is 0.637. The fraction of sp³-hybridized carbons (Fsp3) is 0.533. The second kappa shape index (κ2) is 6.20. The first kappa shape index (κ1) is 14.8. The molecule has 0 spiro atoms. The summed E-state index contributed by atoms with van der Waals surface area (Å²) in [4.78, 5) is 10.4. The van der Waals surface area contributed by atoms with Crippen LogP contribution in [0.15, 0.2) is 18.2 Å². The van der Waals surface area contributed by atoms with Crippen molar-refractivity contribution in [2.45, 2.75) is 44.4 Å². The van der Waals surface area contributed by atoms with Crippen LogP contribution in [0.2, 0.25) is 0 Å². The summed E-state index contributed by atoms with van der Waals surface area (Å²) in [6.07, 6.45) is 1.71. The van der Waals surface area contributed by atoms with Gasteiger partial charge in [-0.2, -0.15) is 0 Å². The Morgan fingerprint density at radius 1 is 1.35 bits per heavy atom. The van der Waals surface area contributed by atoms with Crippen LogP contribution in [0.1, 0.15) is 43.2 Å². The summed E-state index contributed by atoms with van der Waals surface area (Å²) in [7, 11) is 0. The fourth-order valence-electron chi connectivity index (χ4n) is 2.36. The summed E-state index contributed by atoms with van der Waals surface area (Å²) in [6, 6.07) is 4.53. The highest BCUT2D eigenvalue weighted by molar-refractivity contribution is 5.66. The lowest BCUT2D eigenvalue weighted by Gasteiger charge is -2.21. The molecule has 1 heterocycles. The predicted molar refractivity (Wildman–Crippen MR) is 70.3 cm³/mol. The number of aliphatic carboxylic acids is 1. The summed E-state index contributed by atoms with van der Waals surface area (Å²) in [5.41, 5.74) is 0.830. The van der Waals surface area contributed by atoms with E-state index in [0.29, 0.717) is 12.4 Å². The minimum Gasteiger partial charge on any atom is -0.493 e. The smallest absolute Gasteiger partial charge is 0.303 e. The second-order valence-electron chi connectivity index (χ2n) is 5.08. The average molecular weight is 284 g/mol. The first-order valence-corrected chi connectivity index (χ1v) is 6.85. The van der Waals surface area contributed by atoms with Crippen molar-refractivity contribution in [3.05, 3.63) is 29.3 Å². The van der Waals surface area contributed by atoms with Gasteiger partial charge >= 0.3 is 5.97 Å². The van der Waals surface area contributed by atoms with E-state index >= 15 is 0 Å². The van der Waals surface area contributed by atoms with Gasteiger partial charge in [-0.1, -0.05) is 0 Å². The van der Waals surface area contributed by atoms with Crippen LogP contribution in [-0.2, 0) is 17.1 Å². The van der Waals surface area contributed by atoms with Crippen molar-refractivity contribution >= 4 is 5.97 Å². The monoisotopic (exact) mass is 284 g/mol. The number of fused-ring (bicyclic) bond motifs is 1. The van der Waals surface area contributed by atoms with Crippen molar-refractivity contribution in [1.29, 1.82) is 0 Å². The number of rotatable bonds is 6. The van der Waals surface area contributed by atoms with Gasteiger partial charge in [0.25, 0.3) is 5.92 Å². The van der Waals surface area contributed by atoms with Crippen LogP contribution in [0.25, 0.3) is 0 Å². The average Bonchev–Trinajstić information content (AvgIpc) is 2.43. The number of ether oxygens (including phenoxy) is 1. The van der Waals surface area contributed by atoms with Gasteiger partial charge in [-0.15, -0.1) is 0 Å². The summed E-state index contributed by atoms with van der Waals surface area (Å²) < 4.78 is 33.5. The maximum absolute atomic E-state index is 14.1. The molecule has 1 aromatic rings. The number of alkyl halides is 2. The lowest BCUT2D eigenvalue weighted by atomic mass is 9.97. The molecule has 0 atom stereocenters. The van der Waals surface area contributed by atoms with E-state index in [2.05, 4.69) is 0 Å². The number of hydrogen-bond donors (Lipinski definition) is 1. The van der Waals surface area contributed by atoms with Crippen molar-refractivity contribution in [3.63, 3.8) is 0 Å². The molecule has 0 amide bonds. The number of carboxylic acid groups (broad SMARTS) is 1. The highest BCUT2D eigenvalue weighted by atomic mass is 19.3.